The second-order valence-corrected chi connectivity index (χ2v) is 7.31. The van der Waals surface area contributed by atoms with Crippen molar-refractivity contribution in [1.29, 1.82) is 0 Å². The van der Waals surface area contributed by atoms with E-state index in [-0.39, 0.29) is 12.1 Å². The van der Waals surface area contributed by atoms with Crippen molar-refractivity contribution in [2.24, 2.45) is 0 Å². The molecule has 0 amide bonds. The van der Waals surface area contributed by atoms with Crippen LogP contribution in [0.4, 0.5) is 11.6 Å². The molecule has 0 radical (unpaired) electrons. The van der Waals surface area contributed by atoms with E-state index >= 15 is 0 Å². The van der Waals surface area contributed by atoms with E-state index in [4.69, 9.17) is 10.3 Å². The van der Waals surface area contributed by atoms with Crippen molar-refractivity contribution >= 4 is 22.5 Å². The Balaban J connectivity index is 1.47. The molecule has 29 heavy (non-hydrogen) atoms. The minimum Gasteiger partial charge on any atom is -0.393 e. The molecule has 2 aromatic carbocycles. The average Bonchev–Trinajstić information content (AvgIpc) is 3.18. The summed E-state index contributed by atoms with van der Waals surface area (Å²) >= 11 is 0. The minimum absolute atomic E-state index is 0.175. The van der Waals surface area contributed by atoms with Crippen LogP contribution in [0.3, 0.4) is 0 Å². The van der Waals surface area contributed by atoms with Gasteiger partial charge in [-0.3, -0.25) is 0 Å². The Hall–Kier alpha value is -3.45. The first-order chi connectivity index (χ1) is 14.2. The van der Waals surface area contributed by atoms with Gasteiger partial charge in [0.2, 0.25) is 5.95 Å². The molecule has 7 nitrogen and oxygen atoms in total. The zero-order valence-electron chi connectivity index (χ0n) is 15.8. The lowest BCUT2D eigenvalue weighted by atomic mass is 10.0. The summed E-state index contributed by atoms with van der Waals surface area (Å²) in [7, 11) is 0. The van der Waals surface area contributed by atoms with Crippen LogP contribution >= 0.6 is 0 Å². The van der Waals surface area contributed by atoms with Gasteiger partial charge in [-0.1, -0.05) is 11.2 Å². The third kappa shape index (κ3) is 3.40. The maximum absolute atomic E-state index is 9.70. The standard InChI is InChI=1S/C22H21N5O2/c23-22-24-10-7-19(25-22)15-3-6-20-18(13-15)21(29-26-20)14-1-4-16(5-2-14)27-11-8-17(28)9-12-27/h1-7,10,13,17,28H,8-9,11-12H2,(H2,23,24,25). The van der Waals surface area contributed by atoms with E-state index in [2.05, 4.69) is 44.3 Å². The first kappa shape index (κ1) is 17.6. The molecule has 0 bridgehead atoms. The molecule has 3 N–H and O–H groups in total. The molecule has 0 atom stereocenters. The molecule has 3 heterocycles. The van der Waals surface area contributed by atoms with Gasteiger partial charge in [0.25, 0.3) is 0 Å². The van der Waals surface area contributed by atoms with E-state index in [9.17, 15) is 5.11 Å². The number of hydrogen-bond donors (Lipinski definition) is 2. The zero-order chi connectivity index (χ0) is 19.8. The number of anilines is 2. The van der Waals surface area contributed by atoms with Gasteiger partial charge in [0.05, 0.1) is 17.2 Å². The van der Waals surface area contributed by atoms with E-state index < -0.39 is 0 Å². The van der Waals surface area contributed by atoms with Crippen LogP contribution in [-0.2, 0) is 0 Å². The molecule has 146 valence electrons. The lowest BCUT2D eigenvalue weighted by molar-refractivity contribution is 0.145. The molecular weight excluding hydrogens is 366 g/mol. The first-order valence-electron chi connectivity index (χ1n) is 9.69. The Bertz CT molecular complexity index is 1150. The fourth-order valence-corrected chi connectivity index (χ4v) is 3.79. The van der Waals surface area contributed by atoms with Crippen molar-refractivity contribution in [3.63, 3.8) is 0 Å². The van der Waals surface area contributed by atoms with Gasteiger partial charge in [-0.25, -0.2) is 9.97 Å². The van der Waals surface area contributed by atoms with Crippen molar-refractivity contribution < 1.29 is 9.63 Å². The topological polar surface area (TPSA) is 101 Å². The van der Waals surface area contributed by atoms with Crippen molar-refractivity contribution in [2.45, 2.75) is 18.9 Å². The normalized spacial score (nSPS) is 15.1. The number of nitrogens with zero attached hydrogens (tertiary/aromatic N) is 4. The number of piperidine rings is 1. The highest BCUT2D eigenvalue weighted by atomic mass is 16.5. The number of nitrogens with two attached hydrogens (primary N) is 1. The van der Waals surface area contributed by atoms with Crippen LogP contribution in [0, 0.1) is 0 Å². The Labute approximate surface area is 167 Å². The second kappa shape index (κ2) is 7.18. The molecule has 0 unspecified atom stereocenters. The molecule has 0 aliphatic carbocycles. The van der Waals surface area contributed by atoms with Crippen LogP contribution in [0.2, 0.25) is 0 Å². The molecule has 2 aromatic heterocycles. The molecule has 5 rings (SSSR count). The van der Waals surface area contributed by atoms with Gasteiger partial charge < -0.3 is 20.3 Å². The highest BCUT2D eigenvalue weighted by molar-refractivity contribution is 5.94. The summed E-state index contributed by atoms with van der Waals surface area (Å²) in [6.07, 6.45) is 3.09. The van der Waals surface area contributed by atoms with Crippen molar-refractivity contribution in [2.75, 3.05) is 23.7 Å². The predicted octanol–water partition coefficient (Wildman–Crippen LogP) is 3.50. The van der Waals surface area contributed by atoms with E-state index in [0.717, 1.165) is 65.1 Å². The number of aromatic nitrogens is 3. The zero-order valence-corrected chi connectivity index (χ0v) is 15.8. The van der Waals surface area contributed by atoms with E-state index in [0.29, 0.717) is 0 Å². The number of rotatable bonds is 3. The van der Waals surface area contributed by atoms with Gasteiger partial charge in [-0.2, -0.15) is 0 Å². The van der Waals surface area contributed by atoms with Crippen molar-refractivity contribution in [3.8, 4) is 22.6 Å². The van der Waals surface area contributed by atoms with Gasteiger partial charge in [-0.15, -0.1) is 0 Å². The number of benzene rings is 2. The molecule has 4 aromatic rings. The van der Waals surface area contributed by atoms with Crippen LogP contribution in [0.25, 0.3) is 33.5 Å². The number of fused-ring (bicyclic) bond motifs is 1. The van der Waals surface area contributed by atoms with Gasteiger partial charge in [0, 0.05) is 36.1 Å². The van der Waals surface area contributed by atoms with Crippen LogP contribution < -0.4 is 10.6 Å². The Morgan fingerprint density at radius 1 is 1.00 bits per heavy atom. The number of aliphatic hydroxyl groups is 1. The molecule has 1 saturated heterocycles. The SMILES string of the molecule is Nc1nccc(-c2ccc3noc(-c4ccc(N5CCC(O)CC5)cc4)c3c2)n1. The Kier molecular flexibility index (Phi) is 4.37. The minimum atomic E-state index is -0.175. The number of nitrogen functional groups attached to an aromatic ring is 1. The first-order valence-corrected chi connectivity index (χ1v) is 9.69. The summed E-state index contributed by atoms with van der Waals surface area (Å²) in [6, 6.07) is 16.0. The summed E-state index contributed by atoms with van der Waals surface area (Å²) < 4.78 is 5.66. The molecular formula is C22H21N5O2. The van der Waals surface area contributed by atoms with E-state index in [1.54, 1.807) is 6.20 Å². The third-order valence-electron chi connectivity index (χ3n) is 5.41. The molecule has 0 saturated carbocycles. The lowest BCUT2D eigenvalue weighted by Gasteiger charge is -2.31. The van der Waals surface area contributed by atoms with Crippen LogP contribution in [0.5, 0.6) is 0 Å². The smallest absolute Gasteiger partial charge is 0.220 e. The fourth-order valence-electron chi connectivity index (χ4n) is 3.79. The van der Waals surface area contributed by atoms with Gasteiger partial charge in [-0.05, 0) is 55.3 Å². The molecule has 0 spiro atoms. The summed E-state index contributed by atoms with van der Waals surface area (Å²) in [6.45, 7) is 1.74. The highest BCUT2D eigenvalue weighted by Gasteiger charge is 2.18. The maximum Gasteiger partial charge on any atom is 0.220 e. The highest BCUT2D eigenvalue weighted by Crippen LogP contribution is 2.33. The van der Waals surface area contributed by atoms with E-state index in [1.807, 2.05) is 24.3 Å². The molecule has 1 aliphatic heterocycles. The van der Waals surface area contributed by atoms with E-state index in [1.165, 1.54) is 0 Å². The summed E-state index contributed by atoms with van der Waals surface area (Å²) in [5.74, 6) is 0.971. The quantitative estimate of drug-likeness (QED) is 0.555. The maximum atomic E-state index is 9.70. The third-order valence-corrected chi connectivity index (χ3v) is 5.41. The Morgan fingerprint density at radius 2 is 1.76 bits per heavy atom. The van der Waals surface area contributed by atoms with Crippen LogP contribution in [0.1, 0.15) is 12.8 Å². The molecule has 1 fully saturated rings. The Morgan fingerprint density at radius 3 is 2.52 bits per heavy atom. The van der Waals surface area contributed by atoms with Gasteiger partial charge in [0.15, 0.2) is 5.76 Å². The summed E-state index contributed by atoms with van der Waals surface area (Å²) in [5, 5.41) is 14.8. The largest absolute Gasteiger partial charge is 0.393 e. The molecule has 7 heteroatoms. The predicted molar refractivity (Wildman–Crippen MR) is 112 cm³/mol. The fraction of sp³-hybridized carbons (Fsp3) is 0.227. The molecule has 1 aliphatic rings. The number of aliphatic hydroxyl groups excluding tert-OH is 1. The lowest BCUT2D eigenvalue weighted by Crippen LogP contribution is -2.35. The summed E-state index contributed by atoms with van der Waals surface area (Å²) in [5.41, 5.74) is 10.3. The van der Waals surface area contributed by atoms with Crippen LogP contribution in [-0.4, -0.2) is 39.4 Å². The van der Waals surface area contributed by atoms with Crippen molar-refractivity contribution in [3.05, 3.63) is 54.7 Å². The van der Waals surface area contributed by atoms with Crippen LogP contribution in [0.15, 0.2) is 59.3 Å². The van der Waals surface area contributed by atoms with Crippen molar-refractivity contribution in [1.82, 2.24) is 15.1 Å². The van der Waals surface area contributed by atoms with Gasteiger partial charge >= 0.3 is 0 Å². The monoisotopic (exact) mass is 387 g/mol. The average molecular weight is 387 g/mol. The second-order valence-electron chi connectivity index (χ2n) is 7.31. The van der Waals surface area contributed by atoms with Gasteiger partial charge in [0.1, 0.15) is 5.52 Å². The summed E-state index contributed by atoms with van der Waals surface area (Å²) in [4.78, 5) is 10.5. The number of hydrogen-bond acceptors (Lipinski definition) is 7.